The number of aliphatic hydroxyl groups excluding tert-OH is 1. The molecule has 0 spiro atoms. The van der Waals surface area contributed by atoms with Crippen molar-refractivity contribution < 1.29 is 19.4 Å². The van der Waals surface area contributed by atoms with Gasteiger partial charge in [-0.1, -0.05) is 6.07 Å². The Morgan fingerprint density at radius 2 is 1.97 bits per heavy atom. The number of esters is 1. The molecule has 4 rings (SSSR count). The van der Waals surface area contributed by atoms with Gasteiger partial charge in [0.15, 0.2) is 0 Å². The summed E-state index contributed by atoms with van der Waals surface area (Å²) in [5.41, 5.74) is 4.34. The molecule has 2 N–H and O–H groups in total. The van der Waals surface area contributed by atoms with Crippen molar-refractivity contribution in [2.75, 3.05) is 13.2 Å². The smallest absolute Gasteiger partial charge is 0.326 e. The van der Waals surface area contributed by atoms with E-state index in [0.717, 1.165) is 60.6 Å². The van der Waals surface area contributed by atoms with Crippen LogP contribution in [0.2, 0.25) is 0 Å². The largest absolute Gasteiger partial charge is 0.462 e. The number of ether oxygens (including phenoxy) is 2. The monoisotopic (exact) mass is 510 g/mol. The first kappa shape index (κ1) is 27.0. The molecule has 0 bridgehead atoms. The molecule has 0 amide bonds. The van der Waals surface area contributed by atoms with Crippen LogP contribution in [0.1, 0.15) is 44.7 Å². The summed E-state index contributed by atoms with van der Waals surface area (Å²) < 4.78 is 14.7. The van der Waals surface area contributed by atoms with E-state index >= 15 is 0 Å². The van der Waals surface area contributed by atoms with Gasteiger partial charge in [-0.25, -0.2) is 4.98 Å². The van der Waals surface area contributed by atoms with Crippen molar-refractivity contribution in [1.29, 1.82) is 0 Å². The second kappa shape index (κ2) is 11.6. The van der Waals surface area contributed by atoms with Gasteiger partial charge < -0.3 is 23.7 Å². The number of hydrogen-bond donors (Lipinski definition) is 2. The lowest BCUT2D eigenvalue weighted by atomic mass is 10.00. The van der Waals surface area contributed by atoms with Crippen molar-refractivity contribution in [1.82, 2.24) is 19.4 Å². The summed E-state index contributed by atoms with van der Waals surface area (Å²) in [6, 6.07) is 7.16. The lowest BCUT2D eigenvalue weighted by Gasteiger charge is -2.23. The van der Waals surface area contributed by atoms with Gasteiger partial charge in [-0.3, -0.25) is 14.9 Å². The van der Waals surface area contributed by atoms with Gasteiger partial charge in [-0.05, 0) is 70.2 Å². The molecule has 3 aromatic rings. The highest BCUT2D eigenvalue weighted by Gasteiger charge is 2.26. The summed E-state index contributed by atoms with van der Waals surface area (Å²) in [6.45, 7) is 9.69. The fourth-order valence-corrected chi connectivity index (χ4v) is 4.86. The summed E-state index contributed by atoms with van der Waals surface area (Å²) >= 11 is 0. The van der Waals surface area contributed by atoms with Crippen molar-refractivity contribution in [3.8, 4) is 11.4 Å². The van der Waals surface area contributed by atoms with Crippen molar-refractivity contribution in [3.63, 3.8) is 0 Å². The van der Waals surface area contributed by atoms with E-state index in [1.165, 1.54) is 0 Å². The Bertz CT molecular complexity index is 1280. The maximum Gasteiger partial charge on any atom is 0.326 e. The van der Waals surface area contributed by atoms with Gasteiger partial charge in [0.1, 0.15) is 11.9 Å². The third-order valence-electron chi connectivity index (χ3n) is 6.83. The molecule has 2 atom stereocenters. The minimum atomic E-state index is -0.895. The molecular weight excluding hydrogens is 472 g/mol. The number of nitrogens with zero attached hydrogens (tertiary/aromatic N) is 3. The van der Waals surface area contributed by atoms with Gasteiger partial charge in [-0.2, -0.15) is 0 Å². The molecule has 3 heterocycles. The van der Waals surface area contributed by atoms with E-state index in [-0.39, 0.29) is 11.7 Å². The van der Waals surface area contributed by atoms with Crippen LogP contribution in [0.25, 0.3) is 22.4 Å². The normalized spacial score (nSPS) is 16.3. The Hall–Kier alpha value is -3.01. The van der Waals surface area contributed by atoms with Crippen LogP contribution < -0.4 is 10.9 Å². The van der Waals surface area contributed by atoms with Gasteiger partial charge >= 0.3 is 5.97 Å². The van der Waals surface area contributed by atoms with Gasteiger partial charge in [0.2, 0.25) is 0 Å². The number of fused-ring (bicyclic) bond motifs is 1. The van der Waals surface area contributed by atoms with Crippen molar-refractivity contribution in [2.24, 2.45) is 13.0 Å². The molecule has 0 unspecified atom stereocenters. The van der Waals surface area contributed by atoms with Gasteiger partial charge in [0.25, 0.3) is 5.56 Å². The molecule has 37 heavy (non-hydrogen) atoms. The highest BCUT2D eigenvalue weighted by atomic mass is 16.5. The van der Waals surface area contributed by atoms with E-state index in [1.54, 1.807) is 32.4 Å². The third kappa shape index (κ3) is 6.29. The van der Waals surface area contributed by atoms with Crippen LogP contribution in [0.15, 0.2) is 35.3 Å². The molecule has 200 valence electrons. The predicted molar refractivity (Wildman–Crippen MR) is 142 cm³/mol. The molecule has 1 saturated heterocycles. The minimum absolute atomic E-state index is 0.0205. The molecule has 9 heteroatoms. The fourth-order valence-electron chi connectivity index (χ4n) is 4.86. The van der Waals surface area contributed by atoms with Crippen LogP contribution in [0.3, 0.4) is 0 Å². The standard InChI is InChI=1S/C28H38N4O5/c1-17(2)37-28(35)25(19(4)33)29-14-21-6-7-24-23(13-21)30-26(22-12-18(3)27(34)31(5)16-22)32(24)15-20-8-10-36-11-9-20/h6-7,12-13,16-17,19-20,25,29,33H,8-11,14-15H2,1-5H3/t19-,25-/m1/s1. The quantitative estimate of drug-likeness (QED) is 0.426. The lowest BCUT2D eigenvalue weighted by molar-refractivity contribution is -0.152. The van der Waals surface area contributed by atoms with Crippen molar-refractivity contribution in [2.45, 2.75) is 71.9 Å². The molecule has 2 aromatic heterocycles. The number of aliphatic hydroxyl groups is 1. The first-order valence-electron chi connectivity index (χ1n) is 13.0. The van der Waals surface area contributed by atoms with E-state index in [0.29, 0.717) is 18.0 Å². The summed E-state index contributed by atoms with van der Waals surface area (Å²) in [6.07, 6.45) is 2.69. The number of hydrogen-bond acceptors (Lipinski definition) is 7. The zero-order valence-electron chi connectivity index (χ0n) is 22.4. The summed E-state index contributed by atoms with van der Waals surface area (Å²) in [5.74, 6) is 0.838. The number of rotatable bonds is 9. The maximum atomic E-state index is 12.4. The van der Waals surface area contributed by atoms with Gasteiger partial charge in [0, 0.05) is 50.7 Å². The molecule has 1 aromatic carbocycles. The number of benzene rings is 1. The van der Waals surface area contributed by atoms with Crippen LogP contribution in [-0.2, 0) is 34.4 Å². The van der Waals surface area contributed by atoms with Crippen molar-refractivity contribution in [3.05, 3.63) is 51.9 Å². The summed E-state index contributed by atoms with van der Waals surface area (Å²) in [4.78, 5) is 29.7. The molecule has 1 aliphatic heterocycles. The van der Waals surface area contributed by atoms with E-state index in [2.05, 4.69) is 16.0 Å². The first-order chi connectivity index (χ1) is 17.6. The summed E-state index contributed by atoms with van der Waals surface area (Å²) in [7, 11) is 1.76. The number of imidazole rings is 1. The second-order valence-electron chi connectivity index (χ2n) is 10.3. The number of aromatic nitrogens is 3. The van der Waals surface area contributed by atoms with Crippen LogP contribution in [0.4, 0.5) is 0 Å². The predicted octanol–water partition coefficient (Wildman–Crippen LogP) is 2.93. The van der Waals surface area contributed by atoms with Crippen LogP contribution in [0, 0.1) is 12.8 Å². The molecule has 1 fully saturated rings. The van der Waals surface area contributed by atoms with Crippen LogP contribution in [-0.4, -0.2) is 56.7 Å². The third-order valence-corrected chi connectivity index (χ3v) is 6.83. The number of aryl methyl sites for hydroxylation is 2. The van der Waals surface area contributed by atoms with Crippen molar-refractivity contribution >= 4 is 17.0 Å². The SMILES string of the molecule is Cc1cc(-c2nc3cc(CN[C@@H](C(=O)OC(C)C)[C@@H](C)O)ccc3n2CC2CCOCC2)cn(C)c1=O. The molecule has 9 nitrogen and oxygen atoms in total. The lowest BCUT2D eigenvalue weighted by Crippen LogP contribution is -2.46. The number of carbonyl (C=O) groups is 1. The zero-order valence-corrected chi connectivity index (χ0v) is 22.4. The van der Waals surface area contributed by atoms with Crippen LogP contribution >= 0.6 is 0 Å². The van der Waals surface area contributed by atoms with E-state index < -0.39 is 18.1 Å². The van der Waals surface area contributed by atoms with Gasteiger partial charge in [-0.15, -0.1) is 0 Å². The fraction of sp³-hybridized carbons (Fsp3) is 0.536. The molecule has 0 saturated carbocycles. The Morgan fingerprint density at radius 1 is 1.24 bits per heavy atom. The van der Waals surface area contributed by atoms with Crippen LogP contribution in [0.5, 0.6) is 0 Å². The highest BCUT2D eigenvalue weighted by molar-refractivity contribution is 5.81. The molecular formula is C28H38N4O5. The number of pyridine rings is 1. The Morgan fingerprint density at radius 3 is 2.62 bits per heavy atom. The molecule has 0 radical (unpaired) electrons. The highest BCUT2D eigenvalue weighted by Crippen LogP contribution is 2.29. The van der Waals surface area contributed by atoms with E-state index in [9.17, 15) is 14.7 Å². The second-order valence-corrected chi connectivity index (χ2v) is 10.3. The number of carbonyl (C=O) groups excluding carboxylic acids is 1. The topological polar surface area (TPSA) is 108 Å². The Kier molecular flexibility index (Phi) is 8.46. The van der Waals surface area contributed by atoms with Gasteiger partial charge in [0.05, 0.1) is 23.2 Å². The zero-order chi connectivity index (χ0) is 26.7. The summed E-state index contributed by atoms with van der Waals surface area (Å²) in [5, 5.41) is 13.3. The van der Waals surface area contributed by atoms with E-state index in [4.69, 9.17) is 14.5 Å². The van der Waals surface area contributed by atoms with E-state index in [1.807, 2.05) is 31.3 Å². The average molecular weight is 511 g/mol. The first-order valence-corrected chi connectivity index (χ1v) is 13.0. The molecule has 0 aliphatic carbocycles. The Balaban J connectivity index is 1.67. The maximum absolute atomic E-state index is 12.4. The Labute approximate surface area is 217 Å². The average Bonchev–Trinajstić information content (AvgIpc) is 3.19. The number of nitrogens with one attached hydrogen (secondary N) is 1. The minimum Gasteiger partial charge on any atom is -0.462 e. The molecule has 1 aliphatic rings.